The highest BCUT2D eigenvalue weighted by molar-refractivity contribution is 7.16. The third kappa shape index (κ3) is 14.7. The topological polar surface area (TPSA) is 55.4 Å². The van der Waals surface area contributed by atoms with Gasteiger partial charge in [0.15, 0.2) is 11.5 Å². The smallest absolute Gasteiger partial charge is 0.180 e. The molecule has 0 N–H and O–H groups in total. The summed E-state index contributed by atoms with van der Waals surface area (Å²) in [5, 5.41) is 0. The minimum absolute atomic E-state index is 0.219. The lowest BCUT2D eigenvalue weighted by Gasteiger charge is -2.34. The van der Waals surface area contributed by atoms with Crippen molar-refractivity contribution in [1.29, 1.82) is 0 Å². The summed E-state index contributed by atoms with van der Waals surface area (Å²) in [7, 11) is 0. The summed E-state index contributed by atoms with van der Waals surface area (Å²) in [4.78, 5) is 2.19. The summed E-state index contributed by atoms with van der Waals surface area (Å²) in [6.07, 6.45) is 18.7. The van der Waals surface area contributed by atoms with E-state index in [9.17, 15) is 0 Å². The van der Waals surface area contributed by atoms with Crippen LogP contribution in [0.15, 0.2) is 36.4 Å². The predicted molar refractivity (Wildman–Crippen MR) is 255 cm³/mol. The zero-order valence-corrected chi connectivity index (χ0v) is 40.5. The maximum atomic E-state index is 6.99. The van der Waals surface area contributed by atoms with Gasteiger partial charge in [0.2, 0.25) is 0 Å². The quantitative estimate of drug-likeness (QED) is 0.0666. The van der Waals surface area contributed by atoms with Crippen LogP contribution in [0.2, 0.25) is 0 Å². The minimum atomic E-state index is -0.433. The number of aryl methyl sites for hydroxylation is 2. The van der Waals surface area contributed by atoms with E-state index in [0.717, 1.165) is 88.0 Å². The van der Waals surface area contributed by atoms with Gasteiger partial charge in [0.1, 0.15) is 24.7 Å². The van der Waals surface area contributed by atoms with Gasteiger partial charge in [-0.2, -0.15) is 0 Å². The molecule has 7 heteroatoms. The van der Waals surface area contributed by atoms with Crippen molar-refractivity contribution in [2.75, 3.05) is 39.6 Å². The normalized spacial score (nSPS) is 17.2. The number of benzene rings is 2. The Bertz CT molecular complexity index is 1630. The molecular weight excluding hydrogens is 765 g/mol. The molecule has 2 aromatic carbocycles. The van der Waals surface area contributed by atoms with E-state index in [1.807, 2.05) is 0 Å². The Hall–Kier alpha value is -2.74. The zero-order chi connectivity index (χ0) is 43.3. The van der Waals surface area contributed by atoms with Gasteiger partial charge in [0.25, 0.3) is 0 Å². The molecule has 0 amide bonds. The summed E-state index contributed by atoms with van der Waals surface area (Å²) < 4.78 is 40.9. The Kier molecular flexibility index (Phi) is 22.2. The highest BCUT2D eigenvalue weighted by atomic mass is 32.1. The average Bonchev–Trinajstić information content (AvgIpc) is 3.46. The fraction of sp³-hybridized carbons (Fsp3) is 0.698. The van der Waals surface area contributed by atoms with Gasteiger partial charge in [-0.1, -0.05) is 131 Å². The molecule has 0 aliphatic carbocycles. The fourth-order valence-corrected chi connectivity index (χ4v) is 9.20. The molecule has 6 nitrogen and oxygen atoms in total. The summed E-state index contributed by atoms with van der Waals surface area (Å²) in [6, 6.07) is 13.3. The van der Waals surface area contributed by atoms with Crippen LogP contribution in [0.25, 0.3) is 21.6 Å². The maximum Gasteiger partial charge on any atom is 0.180 e. The average molecular weight is 849 g/mol. The van der Waals surface area contributed by atoms with E-state index in [1.54, 1.807) is 11.3 Å². The van der Waals surface area contributed by atoms with Crippen molar-refractivity contribution >= 4 is 11.3 Å². The lowest BCUT2D eigenvalue weighted by atomic mass is 9.91. The van der Waals surface area contributed by atoms with Gasteiger partial charge in [-0.05, 0) is 100 Å². The molecule has 0 saturated heterocycles. The Morgan fingerprint density at radius 1 is 0.583 bits per heavy atom. The highest BCUT2D eigenvalue weighted by Crippen LogP contribution is 2.51. The predicted octanol–water partition coefficient (Wildman–Crippen LogP) is 15.6. The van der Waals surface area contributed by atoms with Crippen molar-refractivity contribution in [2.24, 2.45) is 17.3 Å². The Morgan fingerprint density at radius 3 is 1.57 bits per heavy atom. The largest absolute Gasteiger partial charge is 0.493 e. The van der Waals surface area contributed by atoms with Gasteiger partial charge in [-0.15, -0.1) is 11.3 Å². The fourth-order valence-electron chi connectivity index (χ4n) is 8.16. The molecule has 1 aliphatic rings. The third-order valence-electron chi connectivity index (χ3n) is 12.7. The Balaban J connectivity index is 1.73. The van der Waals surface area contributed by atoms with Gasteiger partial charge in [0.05, 0.1) is 48.9 Å². The van der Waals surface area contributed by atoms with Crippen LogP contribution < -0.4 is 18.9 Å². The number of fused-ring (bicyclic) bond motifs is 1. The molecule has 0 spiro atoms. The molecule has 60 heavy (non-hydrogen) atoms. The number of hydrogen-bond donors (Lipinski definition) is 0. The summed E-state index contributed by atoms with van der Waals surface area (Å²) in [6.45, 7) is 25.8. The monoisotopic (exact) mass is 849 g/mol. The van der Waals surface area contributed by atoms with E-state index in [1.165, 1.54) is 69.8 Å². The van der Waals surface area contributed by atoms with Gasteiger partial charge in [-0.25, -0.2) is 0 Å². The molecule has 338 valence electrons. The Morgan fingerprint density at radius 2 is 1.07 bits per heavy atom. The summed E-state index contributed by atoms with van der Waals surface area (Å²) in [5.41, 5.74) is 3.98. The van der Waals surface area contributed by atoms with E-state index in [4.69, 9.17) is 28.4 Å². The van der Waals surface area contributed by atoms with E-state index in [-0.39, 0.29) is 12.2 Å². The molecule has 4 atom stereocenters. The first-order valence-electron chi connectivity index (χ1n) is 24.3. The first-order chi connectivity index (χ1) is 29.2. The van der Waals surface area contributed by atoms with Gasteiger partial charge in [0, 0.05) is 16.0 Å². The number of hydrogen-bond acceptors (Lipinski definition) is 7. The van der Waals surface area contributed by atoms with Crippen LogP contribution in [0.3, 0.4) is 0 Å². The number of ether oxygens (including phenoxy) is 6. The molecule has 1 aliphatic heterocycles. The van der Waals surface area contributed by atoms with Crippen molar-refractivity contribution in [1.82, 2.24) is 0 Å². The number of rotatable bonds is 30. The second-order valence-electron chi connectivity index (χ2n) is 17.9. The van der Waals surface area contributed by atoms with Gasteiger partial charge < -0.3 is 28.4 Å². The minimum Gasteiger partial charge on any atom is -0.493 e. The first kappa shape index (κ1) is 49.9. The molecule has 0 saturated carbocycles. The van der Waals surface area contributed by atoms with Crippen molar-refractivity contribution in [3.8, 4) is 44.6 Å². The Labute approximate surface area is 370 Å². The maximum absolute atomic E-state index is 6.99. The molecule has 1 aromatic heterocycles. The van der Waals surface area contributed by atoms with E-state index in [2.05, 4.69) is 106 Å². The van der Waals surface area contributed by atoms with Crippen molar-refractivity contribution in [3.05, 3.63) is 46.8 Å². The molecule has 4 unspecified atom stereocenters. The lowest BCUT2D eigenvalue weighted by Crippen LogP contribution is -2.44. The highest BCUT2D eigenvalue weighted by Gasteiger charge is 2.39. The standard InChI is InChI=1S/C53H84O6S/c1-11-19-23-41(15-5)33-54-48-29-27-39(9)31-46(48)47-32-43(28-30-49(47)55-34-42(16-6)24-20-12-2)52-51-50(40(10)60-52)58-37-53(38-59-51,35-56-44(17-7)25-21-13-3)36-57-45(18-8)26-22-14-4/h27-32,41-42,44-45H,11-26,33-38H2,1-10H3. The van der Waals surface area contributed by atoms with E-state index >= 15 is 0 Å². The first-order valence-corrected chi connectivity index (χ1v) is 25.1. The molecule has 4 rings (SSSR count). The molecule has 0 fully saturated rings. The molecule has 0 radical (unpaired) electrons. The molecule has 0 bridgehead atoms. The van der Waals surface area contributed by atoms with Gasteiger partial charge in [-0.3, -0.25) is 0 Å². The van der Waals surface area contributed by atoms with Crippen LogP contribution in [-0.2, 0) is 9.47 Å². The van der Waals surface area contributed by atoms with Crippen molar-refractivity contribution < 1.29 is 28.4 Å². The van der Waals surface area contributed by atoms with Crippen LogP contribution >= 0.6 is 11.3 Å². The third-order valence-corrected chi connectivity index (χ3v) is 13.8. The van der Waals surface area contributed by atoms with Gasteiger partial charge >= 0.3 is 0 Å². The second-order valence-corrected chi connectivity index (χ2v) is 19.1. The van der Waals surface area contributed by atoms with Crippen LogP contribution in [-0.4, -0.2) is 51.8 Å². The van der Waals surface area contributed by atoms with Crippen LogP contribution in [0.1, 0.15) is 169 Å². The zero-order valence-electron chi connectivity index (χ0n) is 39.7. The van der Waals surface area contributed by atoms with Crippen molar-refractivity contribution in [3.63, 3.8) is 0 Å². The summed E-state index contributed by atoms with van der Waals surface area (Å²) >= 11 is 1.74. The molecule has 2 heterocycles. The van der Waals surface area contributed by atoms with E-state index in [0.29, 0.717) is 51.5 Å². The lowest BCUT2D eigenvalue weighted by molar-refractivity contribution is -0.0991. The van der Waals surface area contributed by atoms with Crippen LogP contribution in [0.4, 0.5) is 0 Å². The van der Waals surface area contributed by atoms with Crippen LogP contribution in [0.5, 0.6) is 23.0 Å². The van der Waals surface area contributed by atoms with E-state index < -0.39 is 5.41 Å². The number of thiophene rings is 1. The second kappa shape index (κ2) is 26.7. The molecule has 3 aromatic rings. The van der Waals surface area contributed by atoms with Crippen molar-refractivity contribution in [2.45, 2.75) is 184 Å². The summed E-state index contributed by atoms with van der Waals surface area (Å²) in [5.74, 6) is 4.52. The SMILES string of the molecule is CCCCC(CC)COc1ccc(C)cc1-c1cc(-c2sc(C)c3c2OCC(COC(CC)CCCC)(COC(CC)CCCC)CO3)ccc1OCC(CC)CCCC. The number of unbranched alkanes of at least 4 members (excludes halogenated alkanes) is 4. The molecular formula is C53H84O6S. The van der Waals surface area contributed by atoms with Crippen LogP contribution in [0, 0.1) is 31.1 Å².